The fourth-order valence-electron chi connectivity index (χ4n) is 2.99. The zero-order valence-electron chi connectivity index (χ0n) is 16.5. The quantitative estimate of drug-likeness (QED) is 0.339. The number of thioether (sulfide) groups is 1. The van der Waals surface area contributed by atoms with Crippen molar-refractivity contribution in [1.82, 2.24) is 14.8 Å². The van der Waals surface area contributed by atoms with Gasteiger partial charge in [0.25, 0.3) is 0 Å². The number of halogens is 1. The highest BCUT2D eigenvalue weighted by Gasteiger charge is 2.25. The summed E-state index contributed by atoms with van der Waals surface area (Å²) in [5, 5.41) is 9.80. The molecule has 0 saturated carbocycles. The molecule has 0 aliphatic heterocycles. The molecule has 3 aromatic rings. The van der Waals surface area contributed by atoms with E-state index in [2.05, 4.69) is 29.3 Å². The van der Waals surface area contributed by atoms with Gasteiger partial charge < -0.3 is 4.74 Å². The van der Waals surface area contributed by atoms with E-state index in [-0.39, 0.29) is 11.2 Å². The van der Waals surface area contributed by atoms with E-state index in [1.54, 1.807) is 0 Å². The summed E-state index contributed by atoms with van der Waals surface area (Å²) in [7, 11) is 0. The van der Waals surface area contributed by atoms with Gasteiger partial charge >= 0.3 is 5.97 Å². The Kier molecular flexibility index (Phi) is 7.72. The topological polar surface area (TPSA) is 57.0 Å². The first-order valence-corrected chi connectivity index (χ1v) is 11.0. The molecule has 0 aliphatic rings. The second-order valence-corrected chi connectivity index (χ2v) is 8.13. The number of rotatable bonds is 9. The maximum atomic E-state index is 12.4. The second kappa shape index (κ2) is 10.5. The Bertz CT molecular complexity index is 946. The second-order valence-electron chi connectivity index (χ2n) is 6.52. The molecule has 0 aliphatic carbocycles. The summed E-state index contributed by atoms with van der Waals surface area (Å²) in [6.07, 6.45) is 2.21. The van der Waals surface area contributed by atoms with Gasteiger partial charge in [-0.2, -0.15) is 0 Å². The van der Waals surface area contributed by atoms with Crippen LogP contribution in [0.1, 0.15) is 38.1 Å². The molecule has 29 heavy (non-hydrogen) atoms. The number of benzene rings is 2. The summed E-state index contributed by atoms with van der Waals surface area (Å²) in [5.74, 6) is 0.574. The molecule has 0 fully saturated rings. The third-order valence-electron chi connectivity index (χ3n) is 4.32. The minimum atomic E-state index is -0.327. The van der Waals surface area contributed by atoms with E-state index >= 15 is 0 Å². The van der Waals surface area contributed by atoms with Gasteiger partial charge in [0.1, 0.15) is 11.1 Å². The Hall–Kier alpha value is -2.31. The van der Waals surface area contributed by atoms with Crippen LogP contribution in [-0.2, 0) is 16.0 Å². The minimum Gasteiger partial charge on any atom is -0.465 e. The largest absolute Gasteiger partial charge is 0.465 e. The Labute approximate surface area is 180 Å². The van der Waals surface area contributed by atoms with Crippen LogP contribution in [0.2, 0.25) is 5.02 Å². The van der Waals surface area contributed by atoms with E-state index in [0.29, 0.717) is 29.6 Å². The molecule has 0 spiro atoms. The smallest absolute Gasteiger partial charge is 0.319 e. The summed E-state index contributed by atoms with van der Waals surface area (Å²) >= 11 is 7.63. The third-order valence-corrected chi connectivity index (χ3v) is 5.74. The normalized spacial score (nSPS) is 12.0. The van der Waals surface area contributed by atoms with E-state index in [0.717, 1.165) is 23.5 Å². The number of hydrogen-bond donors (Lipinski definition) is 0. The van der Waals surface area contributed by atoms with Crippen LogP contribution in [0.3, 0.4) is 0 Å². The molecule has 0 radical (unpaired) electrons. The molecular formula is C22H24ClN3O2S. The van der Waals surface area contributed by atoms with Crippen LogP contribution in [0, 0.1) is 0 Å². The summed E-state index contributed by atoms with van der Waals surface area (Å²) in [6.45, 7) is 4.23. The highest BCUT2D eigenvalue weighted by molar-refractivity contribution is 8.00. The Morgan fingerprint density at radius 2 is 1.93 bits per heavy atom. The predicted molar refractivity (Wildman–Crippen MR) is 117 cm³/mol. The van der Waals surface area contributed by atoms with E-state index in [1.165, 1.54) is 11.8 Å². The van der Waals surface area contributed by atoms with Crippen molar-refractivity contribution in [3.8, 4) is 5.69 Å². The fourth-order valence-corrected chi connectivity index (χ4v) is 4.35. The molecule has 1 heterocycles. The SMILES string of the molecule is CCCC(Sc1nnc(Cc2ccccc2)n1-c1cccc(Cl)c1)C(=O)OCC. The zero-order chi connectivity index (χ0) is 20.6. The number of hydrogen-bond acceptors (Lipinski definition) is 5. The van der Waals surface area contributed by atoms with E-state index in [9.17, 15) is 4.79 Å². The van der Waals surface area contributed by atoms with E-state index in [4.69, 9.17) is 16.3 Å². The van der Waals surface area contributed by atoms with Crippen molar-refractivity contribution in [3.05, 3.63) is 71.0 Å². The number of aromatic nitrogens is 3. The molecule has 0 saturated heterocycles. The molecule has 2 aromatic carbocycles. The number of carbonyl (C=O) groups is 1. The van der Waals surface area contributed by atoms with Gasteiger partial charge in [-0.15, -0.1) is 10.2 Å². The van der Waals surface area contributed by atoms with Gasteiger partial charge in [-0.1, -0.05) is 73.1 Å². The summed E-state index contributed by atoms with van der Waals surface area (Å²) in [4.78, 5) is 12.4. The monoisotopic (exact) mass is 429 g/mol. The van der Waals surface area contributed by atoms with Crippen molar-refractivity contribution in [2.24, 2.45) is 0 Å². The molecule has 3 rings (SSSR count). The predicted octanol–water partition coefficient (Wildman–Crippen LogP) is 5.34. The molecule has 152 valence electrons. The Morgan fingerprint density at radius 3 is 2.62 bits per heavy atom. The lowest BCUT2D eigenvalue weighted by Crippen LogP contribution is -2.21. The highest BCUT2D eigenvalue weighted by Crippen LogP contribution is 2.30. The lowest BCUT2D eigenvalue weighted by molar-refractivity contribution is -0.142. The molecular weight excluding hydrogens is 406 g/mol. The van der Waals surface area contributed by atoms with Crippen molar-refractivity contribution in [2.45, 2.75) is 43.5 Å². The number of ether oxygens (including phenoxy) is 1. The standard InChI is InChI=1S/C22H24ClN3O2S/c1-3-9-19(21(27)28-4-2)29-22-25-24-20(14-16-10-6-5-7-11-16)26(22)18-13-8-12-17(23)15-18/h5-8,10-13,15,19H,3-4,9,14H2,1-2H3. The van der Waals surface area contributed by atoms with Crippen molar-refractivity contribution < 1.29 is 9.53 Å². The molecule has 0 bridgehead atoms. The van der Waals surface area contributed by atoms with Crippen molar-refractivity contribution in [3.63, 3.8) is 0 Å². The van der Waals surface area contributed by atoms with Gasteiger partial charge in [-0.05, 0) is 37.1 Å². The lowest BCUT2D eigenvalue weighted by Gasteiger charge is -2.15. The Balaban J connectivity index is 1.99. The first kappa shape index (κ1) is 21.4. The highest BCUT2D eigenvalue weighted by atomic mass is 35.5. The zero-order valence-corrected chi connectivity index (χ0v) is 18.1. The van der Waals surface area contributed by atoms with Crippen LogP contribution in [0.4, 0.5) is 0 Å². The molecule has 0 amide bonds. The van der Waals surface area contributed by atoms with Crippen LogP contribution in [0.15, 0.2) is 59.8 Å². The van der Waals surface area contributed by atoms with Crippen LogP contribution in [0.25, 0.3) is 5.69 Å². The fraction of sp³-hybridized carbons (Fsp3) is 0.318. The lowest BCUT2D eigenvalue weighted by atomic mass is 10.1. The van der Waals surface area contributed by atoms with Crippen LogP contribution in [0.5, 0.6) is 0 Å². The number of esters is 1. The van der Waals surface area contributed by atoms with Crippen molar-refractivity contribution in [2.75, 3.05) is 6.61 Å². The first-order chi connectivity index (χ1) is 14.1. The summed E-state index contributed by atoms with van der Waals surface area (Å²) in [5.41, 5.74) is 2.00. The third kappa shape index (κ3) is 5.61. The van der Waals surface area contributed by atoms with Gasteiger partial charge in [0, 0.05) is 11.4 Å². The van der Waals surface area contributed by atoms with Gasteiger partial charge in [-0.25, -0.2) is 0 Å². The van der Waals surface area contributed by atoms with Crippen LogP contribution in [-0.4, -0.2) is 32.6 Å². The molecule has 5 nitrogen and oxygen atoms in total. The molecule has 0 N–H and O–H groups in total. The average Bonchev–Trinajstić information content (AvgIpc) is 3.10. The summed E-state index contributed by atoms with van der Waals surface area (Å²) in [6, 6.07) is 17.7. The van der Waals surface area contributed by atoms with Gasteiger partial charge in [0.05, 0.1) is 12.3 Å². The number of carbonyl (C=O) groups excluding carboxylic acids is 1. The first-order valence-electron chi connectivity index (χ1n) is 9.69. The minimum absolute atomic E-state index is 0.218. The van der Waals surface area contributed by atoms with Crippen molar-refractivity contribution in [1.29, 1.82) is 0 Å². The van der Waals surface area contributed by atoms with Crippen LogP contribution < -0.4 is 0 Å². The average molecular weight is 430 g/mol. The molecule has 7 heteroatoms. The van der Waals surface area contributed by atoms with Crippen LogP contribution >= 0.6 is 23.4 Å². The molecule has 1 atom stereocenters. The molecule has 1 aromatic heterocycles. The maximum Gasteiger partial charge on any atom is 0.319 e. The summed E-state index contributed by atoms with van der Waals surface area (Å²) < 4.78 is 7.24. The molecule has 1 unspecified atom stereocenters. The van der Waals surface area contributed by atoms with E-state index < -0.39 is 0 Å². The van der Waals surface area contributed by atoms with Gasteiger partial charge in [0.15, 0.2) is 5.16 Å². The van der Waals surface area contributed by atoms with E-state index in [1.807, 2.05) is 54.0 Å². The van der Waals surface area contributed by atoms with Gasteiger partial charge in [0.2, 0.25) is 0 Å². The van der Waals surface area contributed by atoms with Crippen molar-refractivity contribution >= 4 is 29.3 Å². The van der Waals surface area contributed by atoms with Gasteiger partial charge in [-0.3, -0.25) is 9.36 Å². The maximum absolute atomic E-state index is 12.4. The Morgan fingerprint density at radius 1 is 1.14 bits per heavy atom. The number of nitrogens with zero attached hydrogens (tertiary/aromatic N) is 3.